The molecule has 118 valence electrons. The van der Waals surface area contributed by atoms with Gasteiger partial charge in [0.15, 0.2) is 0 Å². The number of hydrogen-bond acceptors (Lipinski definition) is 3. The number of nitrogens with one attached hydrogen (secondary N) is 1. The molecule has 2 aromatic rings. The molecular weight excluding hydrogens is 286 g/mol. The molecule has 2 aliphatic rings. The van der Waals surface area contributed by atoms with Crippen molar-refractivity contribution < 1.29 is 4.79 Å². The summed E-state index contributed by atoms with van der Waals surface area (Å²) in [5.41, 5.74) is 8.89. The van der Waals surface area contributed by atoms with Gasteiger partial charge in [0.2, 0.25) is 0 Å². The van der Waals surface area contributed by atoms with Crippen LogP contribution in [0.5, 0.6) is 0 Å². The zero-order valence-corrected chi connectivity index (χ0v) is 13.0. The van der Waals surface area contributed by atoms with Gasteiger partial charge in [0.25, 0.3) is 5.91 Å². The number of nitrogens with two attached hydrogens (primary N) is 1. The average molecular weight is 307 g/mol. The number of amides is 1. The van der Waals surface area contributed by atoms with E-state index in [9.17, 15) is 4.79 Å². The number of fused-ring (bicyclic) bond motifs is 2. The molecule has 0 unspecified atom stereocenters. The van der Waals surface area contributed by atoms with Gasteiger partial charge in [0.05, 0.1) is 11.4 Å². The lowest BCUT2D eigenvalue weighted by Crippen LogP contribution is -2.38. The monoisotopic (exact) mass is 307 g/mol. The smallest absolute Gasteiger partial charge is 0.251 e. The number of hydrogen-bond donors (Lipinski definition) is 2. The third kappa shape index (κ3) is 2.69. The van der Waals surface area contributed by atoms with E-state index in [0.29, 0.717) is 23.2 Å². The van der Waals surface area contributed by atoms with Gasteiger partial charge in [-0.2, -0.15) is 0 Å². The van der Waals surface area contributed by atoms with Crippen LogP contribution in [-0.2, 0) is 0 Å². The minimum atomic E-state index is 0.0129. The zero-order valence-electron chi connectivity index (χ0n) is 13.0. The van der Waals surface area contributed by atoms with E-state index >= 15 is 0 Å². The molecule has 2 fully saturated rings. The van der Waals surface area contributed by atoms with Gasteiger partial charge < -0.3 is 11.1 Å². The summed E-state index contributed by atoms with van der Waals surface area (Å²) in [5.74, 6) is 1.52. The summed E-state index contributed by atoms with van der Waals surface area (Å²) in [5, 5.41) is 3.23. The predicted octanol–water partition coefficient (Wildman–Crippen LogP) is 3.25. The minimum absolute atomic E-state index is 0.0129. The molecule has 1 amide bonds. The molecule has 23 heavy (non-hydrogen) atoms. The fourth-order valence-electron chi connectivity index (χ4n) is 4.14. The molecule has 1 aromatic carbocycles. The van der Waals surface area contributed by atoms with Crippen LogP contribution >= 0.6 is 0 Å². The first-order valence-electron chi connectivity index (χ1n) is 8.32. The number of carbonyl (C=O) groups excluding carboxylic acids is 1. The Kier molecular flexibility index (Phi) is 3.52. The molecule has 3 N–H and O–H groups in total. The lowest BCUT2D eigenvalue weighted by Gasteiger charge is -2.23. The highest BCUT2D eigenvalue weighted by molar-refractivity contribution is 5.96. The van der Waals surface area contributed by atoms with E-state index in [1.807, 2.05) is 36.4 Å². The van der Waals surface area contributed by atoms with E-state index in [0.717, 1.165) is 23.6 Å². The van der Waals surface area contributed by atoms with Crippen molar-refractivity contribution in [3.63, 3.8) is 0 Å². The van der Waals surface area contributed by atoms with Gasteiger partial charge >= 0.3 is 0 Å². The summed E-state index contributed by atoms with van der Waals surface area (Å²) in [7, 11) is 0. The maximum absolute atomic E-state index is 12.6. The maximum atomic E-state index is 12.6. The molecule has 4 heteroatoms. The van der Waals surface area contributed by atoms with Crippen molar-refractivity contribution in [2.45, 2.75) is 31.7 Å². The summed E-state index contributed by atoms with van der Waals surface area (Å²) in [6, 6.07) is 11.5. The number of anilines is 1. The van der Waals surface area contributed by atoms with E-state index in [1.54, 1.807) is 6.20 Å². The highest BCUT2D eigenvalue weighted by Crippen LogP contribution is 2.44. The van der Waals surface area contributed by atoms with Crippen LogP contribution in [-0.4, -0.2) is 16.9 Å². The van der Waals surface area contributed by atoms with E-state index in [-0.39, 0.29) is 5.91 Å². The highest BCUT2D eigenvalue weighted by Gasteiger charge is 2.40. The fourth-order valence-corrected chi connectivity index (χ4v) is 4.14. The van der Waals surface area contributed by atoms with Crippen LogP contribution in [0.4, 0.5) is 5.69 Å². The Hall–Kier alpha value is -2.36. The fraction of sp³-hybridized carbons (Fsp3) is 0.368. The van der Waals surface area contributed by atoms with Crippen LogP contribution in [0.25, 0.3) is 11.3 Å². The van der Waals surface area contributed by atoms with Gasteiger partial charge in [-0.25, -0.2) is 0 Å². The predicted molar refractivity (Wildman–Crippen MR) is 90.8 cm³/mol. The van der Waals surface area contributed by atoms with Crippen LogP contribution in [0.2, 0.25) is 0 Å². The summed E-state index contributed by atoms with van der Waals surface area (Å²) < 4.78 is 0. The SMILES string of the molecule is Nc1cccnc1-c1cccc(C(=O)N[C@@H]2C[C@@H]3CC[C@H]2C3)c1. The van der Waals surface area contributed by atoms with Gasteiger partial charge in [0.1, 0.15) is 0 Å². The number of pyridine rings is 1. The highest BCUT2D eigenvalue weighted by atomic mass is 16.1. The summed E-state index contributed by atoms with van der Waals surface area (Å²) in [6.45, 7) is 0. The van der Waals surface area contributed by atoms with Gasteiger partial charge in [-0.15, -0.1) is 0 Å². The lowest BCUT2D eigenvalue weighted by molar-refractivity contribution is 0.0923. The van der Waals surface area contributed by atoms with E-state index in [2.05, 4.69) is 10.3 Å². The molecule has 1 aromatic heterocycles. The summed E-state index contributed by atoms with van der Waals surface area (Å²) in [4.78, 5) is 16.9. The molecule has 0 spiro atoms. The van der Waals surface area contributed by atoms with Crippen LogP contribution in [0.3, 0.4) is 0 Å². The molecule has 2 aliphatic carbocycles. The lowest BCUT2D eigenvalue weighted by atomic mass is 9.95. The molecule has 3 atom stereocenters. The summed E-state index contributed by atoms with van der Waals surface area (Å²) in [6.07, 6.45) is 6.75. The quantitative estimate of drug-likeness (QED) is 0.914. The Morgan fingerprint density at radius 3 is 2.83 bits per heavy atom. The van der Waals surface area contributed by atoms with Crippen LogP contribution in [0.1, 0.15) is 36.0 Å². The molecule has 4 nitrogen and oxygen atoms in total. The average Bonchev–Trinajstić information content (AvgIpc) is 3.18. The third-order valence-corrected chi connectivity index (χ3v) is 5.29. The normalized spacial score (nSPS) is 25.5. The Bertz CT molecular complexity index is 743. The largest absolute Gasteiger partial charge is 0.397 e. The Labute approximate surface area is 136 Å². The standard InChI is InChI=1S/C19H21N3O/c20-16-5-2-8-21-18(16)14-3-1-4-15(11-14)19(23)22-17-10-12-6-7-13(17)9-12/h1-5,8,11-13,17H,6-7,9-10,20H2,(H,22,23)/t12-,13+,17-/m1/s1. The Morgan fingerprint density at radius 2 is 2.09 bits per heavy atom. The van der Waals surface area contributed by atoms with Crippen molar-refractivity contribution in [1.82, 2.24) is 10.3 Å². The number of rotatable bonds is 3. The Balaban J connectivity index is 1.54. The van der Waals surface area contributed by atoms with Gasteiger partial charge in [0, 0.05) is 23.4 Å². The molecule has 4 rings (SSSR count). The van der Waals surface area contributed by atoms with Gasteiger partial charge in [-0.3, -0.25) is 9.78 Å². The molecule has 0 aliphatic heterocycles. The van der Waals surface area contributed by atoms with Crippen LogP contribution in [0, 0.1) is 11.8 Å². The van der Waals surface area contributed by atoms with Crippen LogP contribution < -0.4 is 11.1 Å². The number of nitrogens with zero attached hydrogens (tertiary/aromatic N) is 1. The number of carbonyl (C=O) groups is 1. The molecule has 2 bridgehead atoms. The first-order valence-corrected chi connectivity index (χ1v) is 8.32. The van der Waals surface area contributed by atoms with E-state index < -0.39 is 0 Å². The van der Waals surface area contributed by atoms with Crippen molar-refractivity contribution >= 4 is 11.6 Å². The maximum Gasteiger partial charge on any atom is 0.251 e. The number of nitrogen functional groups attached to an aromatic ring is 1. The number of aromatic nitrogens is 1. The van der Waals surface area contributed by atoms with E-state index in [4.69, 9.17) is 5.73 Å². The van der Waals surface area contributed by atoms with Crippen molar-refractivity contribution in [2.24, 2.45) is 11.8 Å². The minimum Gasteiger partial charge on any atom is -0.397 e. The molecule has 0 saturated heterocycles. The van der Waals surface area contributed by atoms with Crippen molar-refractivity contribution in [2.75, 3.05) is 5.73 Å². The van der Waals surface area contributed by atoms with Crippen LogP contribution in [0.15, 0.2) is 42.6 Å². The summed E-state index contributed by atoms with van der Waals surface area (Å²) >= 11 is 0. The van der Waals surface area contributed by atoms with Crippen molar-refractivity contribution in [1.29, 1.82) is 0 Å². The molecule has 1 heterocycles. The molecular formula is C19H21N3O. The molecule has 2 saturated carbocycles. The zero-order chi connectivity index (χ0) is 15.8. The van der Waals surface area contributed by atoms with Crippen molar-refractivity contribution in [3.8, 4) is 11.3 Å². The third-order valence-electron chi connectivity index (χ3n) is 5.29. The van der Waals surface area contributed by atoms with E-state index in [1.165, 1.54) is 19.3 Å². The first-order chi connectivity index (χ1) is 11.2. The topological polar surface area (TPSA) is 68.0 Å². The second-order valence-electron chi connectivity index (χ2n) is 6.78. The Morgan fingerprint density at radius 1 is 1.17 bits per heavy atom. The first kappa shape index (κ1) is 14.2. The van der Waals surface area contributed by atoms with Crippen molar-refractivity contribution in [3.05, 3.63) is 48.2 Å². The second kappa shape index (κ2) is 5.69. The molecule has 0 radical (unpaired) electrons. The van der Waals surface area contributed by atoms with Gasteiger partial charge in [-0.1, -0.05) is 18.6 Å². The number of benzene rings is 1. The second-order valence-corrected chi connectivity index (χ2v) is 6.78. The van der Waals surface area contributed by atoms with Gasteiger partial charge in [-0.05, 0) is 55.4 Å².